The topological polar surface area (TPSA) is 140 Å². The number of carbonyl (C=O) groups is 4. The number of unbranched alkanes of at least 4 members (excludes halogenated alkanes) is 2. The van der Waals surface area contributed by atoms with Crippen molar-refractivity contribution in [2.45, 2.75) is 100 Å². The van der Waals surface area contributed by atoms with E-state index in [9.17, 15) is 19.2 Å². The van der Waals surface area contributed by atoms with Gasteiger partial charge in [-0.1, -0.05) is 56.0 Å². The van der Waals surface area contributed by atoms with Crippen LogP contribution in [0.5, 0.6) is 0 Å². The predicted molar refractivity (Wildman–Crippen MR) is 171 cm³/mol. The van der Waals surface area contributed by atoms with Crippen LogP contribution in [0.25, 0.3) is 0 Å². The van der Waals surface area contributed by atoms with E-state index in [1.165, 1.54) is 30.8 Å². The first-order valence-corrected chi connectivity index (χ1v) is 19.4. The molecule has 3 atom stereocenters. The molecule has 2 unspecified atom stereocenters. The Hall–Kier alpha value is -0.600. The van der Waals surface area contributed by atoms with Crippen LogP contribution in [0.15, 0.2) is 0 Å². The first-order valence-electron chi connectivity index (χ1n) is 14.7. The van der Waals surface area contributed by atoms with Gasteiger partial charge in [-0.15, -0.1) is 0 Å². The summed E-state index contributed by atoms with van der Waals surface area (Å²) in [5, 5.41) is 9.84. The average Bonchev–Trinajstić information content (AvgIpc) is 3.66. The number of ether oxygens (including phenoxy) is 1. The molecule has 2 heterocycles. The smallest absolute Gasteiger partial charge is 0.222 e. The summed E-state index contributed by atoms with van der Waals surface area (Å²) < 4.78 is 5.27. The van der Waals surface area contributed by atoms with E-state index in [-0.39, 0.29) is 36.3 Å². The van der Waals surface area contributed by atoms with Gasteiger partial charge in [-0.3, -0.25) is 19.2 Å². The second-order valence-corrected chi connectivity index (χ2v) is 15.7. The molecule has 0 aromatic heterocycles. The predicted octanol–water partition coefficient (Wildman–Crippen LogP) is 3.85. The molecule has 0 saturated carbocycles. The van der Waals surface area contributed by atoms with Crippen LogP contribution in [0.2, 0.25) is 0 Å². The second-order valence-electron chi connectivity index (χ2n) is 10.1. The van der Waals surface area contributed by atoms with E-state index >= 15 is 0 Å². The second kappa shape index (κ2) is 22.9. The molecule has 0 aliphatic carbocycles. The summed E-state index contributed by atoms with van der Waals surface area (Å²) >= 11 is 0. The molecular formula is C27H48N4O5S4. The zero-order valence-electron chi connectivity index (χ0n) is 23.6. The molecule has 2 aliphatic heterocycles. The Morgan fingerprint density at radius 2 is 1.38 bits per heavy atom. The number of amides is 3. The highest BCUT2D eigenvalue weighted by molar-refractivity contribution is 8.77. The Bertz CT molecular complexity index is 752. The summed E-state index contributed by atoms with van der Waals surface area (Å²) in [4.78, 5) is 50.2. The van der Waals surface area contributed by atoms with E-state index in [1.54, 1.807) is 0 Å². The van der Waals surface area contributed by atoms with Crippen molar-refractivity contribution in [1.29, 1.82) is 0 Å². The number of hydrogen-bond acceptors (Lipinski definition) is 10. The monoisotopic (exact) mass is 636 g/mol. The van der Waals surface area contributed by atoms with Crippen molar-refractivity contribution in [2.75, 3.05) is 44.4 Å². The van der Waals surface area contributed by atoms with E-state index in [0.717, 1.165) is 37.4 Å². The maximum Gasteiger partial charge on any atom is 0.222 e. The Morgan fingerprint density at radius 1 is 0.750 bits per heavy atom. The number of nitrogens with one attached hydrogen (secondary N) is 3. The minimum absolute atomic E-state index is 0.0107. The lowest BCUT2D eigenvalue weighted by molar-refractivity contribution is -0.130. The molecule has 3 amide bonds. The van der Waals surface area contributed by atoms with Crippen LogP contribution in [-0.2, 0) is 23.9 Å². The summed E-state index contributed by atoms with van der Waals surface area (Å²) in [6, 6.07) is -0.874. The van der Waals surface area contributed by atoms with Crippen molar-refractivity contribution in [3.8, 4) is 0 Å². The lowest BCUT2D eigenvalue weighted by atomic mass is 10.0. The number of nitrogens with two attached hydrogens (primary N) is 1. The number of Topliss-reactive ketones (excluding diaryl/α,β-unsaturated/α-hetero) is 1. The molecule has 2 rings (SSSR count). The lowest BCUT2D eigenvalue weighted by Gasteiger charge is -2.18. The van der Waals surface area contributed by atoms with Gasteiger partial charge in [-0.25, -0.2) is 0 Å². The molecule has 13 heteroatoms. The standard InChI is InChI=1S/C27H48N4O5S4/c28-13-16-36-17-15-30-27(35)20-23(31-26(34)10-4-2-7-22-12-19-38-40-22)24(32)8-5-14-29-25(33)9-3-1-6-21-11-18-37-39-21/h21-23H,1-20,28H2,(H,29,33)(H,30,35)(H,31,34)/t21?,22?,23-/m0/s1. The van der Waals surface area contributed by atoms with Crippen molar-refractivity contribution in [1.82, 2.24) is 16.0 Å². The molecule has 0 bridgehead atoms. The summed E-state index contributed by atoms with van der Waals surface area (Å²) in [7, 11) is 7.76. The van der Waals surface area contributed by atoms with Gasteiger partial charge in [0.15, 0.2) is 5.78 Å². The highest BCUT2D eigenvalue weighted by atomic mass is 33.1. The van der Waals surface area contributed by atoms with Crippen LogP contribution in [0.3, 0.4) is 0 Å². The summed E-state index contributed by atoms with van der Waals surface area (Å²) in [6.07, 6.45) is 9.84. The van der Waals surface area contributed by atoms with Crippen LogP contribution in [-0.4, -0.2) is 84.4 Å². The van der Waals surface area contributed by atoms with Crippen molar-refractivity contribution < 1.29 is 23.9 Å². The molecule has 2 saturated heterocycles. The van der Waals surface area contributed by atoms with Gasteiger partial charge >= 0.3 is 0 Å². The number of ketones is 1. The normalized spacial score (nSPS) is 19.3. The fourth-order valence-corrected chi connectivity index (χ4v) is 10.5. The molecule has 5 N–H and O–H groups in total. The van der Waals surface area contributed by atoms with Gasteiger partial charge in [0.1, 0.15) is 0 Å². The van der Waals surface area contributed by atoms with E-state index in [2.05, 4.69) is 16.0 Å². The number of carbonyl (C=O) groups excluding carboxylic acids is 4. The fraction of sp³-hybridized carbons (Fsp3) is 0.852. The number of rotatable bonds is 23. The van der Waals surface area contributed by atoms with Gasteiger partial charge in [0.2, 0.25) is 17.7 Å². The quantitative estimate of drug-likeness (QED) is 0.0966. The van der Waals surface area contributed by atoms with E-state index in [4.69, 9.17) is 10.5 Å². The van der Waals surface area contributed by atoms with Crippen LogP contribution >= 0.6 is 43.2 Å². The first kappa shape index (κ1) is 35.6. The number of hydrogen-bond donors (Lipinski definition) is 4. The molecule has 0 aromatic carbocycles. The van der Waals surface area contributed by atoms with Gasteiger partial charge in [0.05, 0.1) is 25.7 Å². The fourth-order valence-electron chi connectivity index (χ4n) is 4.41. The van der Waals surface area contributed by atoms with Crippen LogP contribution < -0.4 is 21.7 Å². The Kier molecular flexibility index (Phi) is 20.4. The minimum atomic E-state index is -0.874. The third kappa shape index (κ3) is 17.4. The van der Waals surface area contributed by atoms with Crippen molar-refractivity contribution >= 4 is 66.7 Å². The van der Waals surface area contributed by atoms with Crippen molar-refractivity contribution in [2.24, 2.45) is 5.73 Å². The van der Waals surface area contributed by atoms with Crippen LogP contribution in [0, 0.1) is 0 Å². The van der Waals surface area contributed by atoms with Crippen LogP contribution in [0.4, 0.5) is 0 Å². The third-order valence-electron chi connectivity index (χ3n) is 6.68. The largest absolute Gasteiger partial charge is 0.378 e. The molecule has 9 nitrogen and oxygen atoms in total. The SMILES string of the molecule is NCCOCCNC(=O)C[C@H](NC(=O)CCCCC1CCSS1)C(=O)CCCNC(=O)CCCCC1CCSS1. The Labute approximate surface area is 255 Å². The molecule has 2 fully saturated rings. The van der Waals surface area contributed by atoms with E-state index < -0.39 is 6.04 Å². The van der Waals surface area contributed by atoms with Gasteiger partial charge in [-0.05, 0) is 44.9 Å². The molecule has 0 spiro atoms. The van der Waals surface area contributed by atoms with Gasteiger partial charge in [-0.2, -0.15) is 0 Å². The van der Waals surface area contributed by atoms with Crippen molar-refractivity contribution in [3.63, 3.8) is 0 Å². The molecule has 0 aromatic rings. The molecule has 230 valence electrons. The molecule has 40 heavy (non-hydrogen) atoms. The summed E-state index contributed by atoms with van der Waals surface area (Å²) in [5.74, 6) is 1.73. The molecular weight excluding hydrogens is 589 g/mol. The zero-order chi connectivity index (χ0) is 28.8. The van der Waals surface area contributed by atoms with Crippen LogP contribution in [0.1, 0.15) is 83.5 Å². The molecule has 0 radical (unpaired) electrons. The third-order valence-corrected chi connectivity index (χ3v) is 12.7. The Balaban J connectivity index is 1.67. The van der Waals surface area contributed by atoms with Gasteiger partial charge in [0.25, 0.3) is 0 Å². The van der Waals surface area contributed by atoms with Crippen molar-refractivity contribution in [3.05, 3.63) is 0 Å². The maximum atomic E-state index is 13.0. The molecule has 2 aliphatic rings. The Morgan fingerprint density at radius 3 is 1.98 bits per heavy atom. The maximum absolute atomic E-state index is 13.0. The highest BCUT2D eigenvalue weighted by Crippen LogP contribution is 2.40. The summed E-state index contributed by atoms with van der Waals surface area (Å²) in [6.45, 7) is 1.89. The zero-order valence-corrected chi connectivity index (χ0v) is 26.9. The highest BCUT2D eigenvalue weighted by Gasteiger charge is 2.24. The summed E-state index contributed by atoms with van der Waals surface area (Å²) in [5.41, 5.74) is 5.39. The van der Waals surface area contributed by atoms with E-state index in [0.29, 0.717) is 57.4 Å². The average molecular weight is 637 g/mol. The van der Waals surface area contributed by atoms with Gasteiger partial charge < -0.3 is 26.4 Å². The van der Waals surface area contributed by atoms with E-state index in [1.807, 2.05) is 43.2 Å². The van der Waals surface area contributed by atoms with Gasteiger partial charge in [0, 0.05) is 60.9 Å². The lowest BCUT2D eigenvalue weighted by Crippen LogP contribution is -2.44. The first-order chi connectivity index (χ1) is 19.5. The minimum Gasteiger partial charge on any atom is -0.378 e.